The van der Waals surface area contributed by atoms with Crippen molar-refractivity contribution in [3.63, 3.8) is 0 Å². The van der Waals surface area contributed by atoms with E-state index in [2.05, 4.69) is 39.3 Å². The van der Waals surface area contributed by atoms with Crippen LogP contribution < -0.4 is 16.0 Å². The van der Waals surface area contributed by atoms with Crippen LogP contribution in [0.5, 0.6) is 0 Å². The van der Waals surface area contributed by atoms with Gasteiger partial charge in [-0.2, -0.15) is 5.26 Å². The second kappa shape index (κ2) is 37.9. The highest BCUT2D eigenvalue weighted by atomic mass is 19.1. The summed E-state index contributed by atoms with van der Waals surface area (Å²) in [5, 5.41) is 16.9. The third-order valence-electron chi connectivity index (χ3n) is 11.6. The Morgan fingerprint density at radius 1 is 0.528 bits per heavy atom. The molecule has 0 saturated heterocycles. The average molecular weight is 1250 g/mol. The molecule has 3 amide bonds. The number of nitrogens with one attached hydrogen (secondary N) is 3. The lowest BCUT2D eigenvalue weighted by Gasteiger charge is -2.23. The molecule has 4 aliphatic rings. The SMILES string of the molecule is C#CC(=O)C(C)(C)C.C#CC(=O)NC(C)(C)C.C#CC(=O)OCC(C)(C)C.C=CC(=O)OCC(C)(C)C.CC(=O)C1(C(=O)OCC(C)(C)C)CC1.CC(C)(C)C(=O)C1(C#N)CC1.CC(C)(C)NC(=O)C1=C(F)CCC1.CC(C)(C)NC(=O)C1=C(F)CCCC1. The standard InChI is InChI=1S/C11H18FNO.C11H18O3.C10H16FNO.C9H13NO.C8H14O2.C8H12O2.C7H11NO.C7H10O/c1-11(2,3)13-10(14)8-6-4-5-7-9(8)12;1-8(12)11(5-6-11)9(13)14-7-10(2,3)4;1-10(2,3)12-9(13)7-5-4-6-8(7)11;1-8(2,3)7(11)9(6-10)4-5-9;2*1-5-7(9)10-6-8(2,3)4;1-5-6(9)8-7(2,3)4;1-5-6(8)7(2,3)4/h4-7H2,1-3H3,(H,13,14);5-7H2,1-4H3;4-6H2,1-3H3,(H,12,13);4-5H2,1-3H3;5H,1,6H2,2-4H3;1H,6H2,2-4H3;1H,2-4H3,(H,8,9);1H,2-4H3. The van der Waals surface area contributed by atoms with E-state index in [9.17, 15) is 51.9 Å². The second-order valence-electron chi connectivity index (χ2n) is 31.0. The molecule has 0 aromatic rings. The molecule has 0 aliphatic heterocycles. The van der Waals surface area contributed by atoms with Crippen molar-refractivity contribution in [1.82, 2.24) is 16.0 Å². The molecular weight excluding hydrogens is 1140 g/mol. The van der Waals surface area contributed by atoms with E-state index in [1.807, 2.05) is 157 Å². The highest BCUT2D eigenvalue weighted by Crippen LogP contribution is 2.50. The highest BCUT2D eigenvalue weighted by molar-refractivity contribution is 6.05. The lowest BCUT2D eigenvalue weighted by atomic mass is 9.82. The molecule has 0 bridgehead atoms. The lowest BCUT2D eigenvalue weighted by Crippen LogP contribution is -2.41. The number of hydrogen-bond acceptors (Lipinski definition) is 13. The van der Waals surface area contributed by atoms with Crippen LogP contribution in [-0.2, 0) is 57.4 Å². The van der Waals surface area contributed by atoms with E-state index >= 15 is 0 Å². The van der Waals surface area contributed by atoms with Gasteiger partial charge in [0.1, 0.15) is 28.3 Å². The van der Waals surface area contributed by atoms with Gasteiger partial charge < -0.3 is 30.2 Å². The Bertz CT molecular complexity index is 2660. The molecule has 0 aromatic heterocycles. The van der Waals surface area contributed by atoms with Gasteiger partial charge in [-0.15, -0.1) is 19.3 Å². The number of nitrogens with zero attached hydrogens (tertiary/aromatic N) is 1. The molecule has 0 heterocycles. The Balaban J connectivity index is -0.000000467. The van der Waals surface area contributed by atoms with Gasteiger partial charge in [0.15, 0.2) is 5.78 Å². The molecule has 2 saturated carbocycles. The van der Waals surface area contributed by atoms with Crippen molar-refractivity contribution < 1.29 is 66.1 Å². The number of allylic oxidation sites excluding steroid dienone is 2. The number of ether oxygens (including phenoxy) is 3. The molecule has 89 heavy (non-hydrogen) atoms. The number of terminal acetylenes is 3. The van der Waals surface area contributed by atoms with Gasteiger partial charge in [-0.05, 0) is 168 Å². The van der Waals surface area contributed by atoms with Crippen LogP contribution in [0.4, 0.5) is 8.78 Å². The Kier molecular flexibility index (Phi) is 37.7. The number of carbonyl (C=O) groups is 9. The summed E-state index contributed by atoms with van der Waals surface area (Å²) in [6, 6.07) is 2.11. The molecule has 0 spiro atoms. The Morgan fingerprint density at radius 2 is 0.899 bits per heavy atom. The first-order valence-electron chi connectivity index (χ1n) is 30.1. The van der Waals surface area contributed by atoms with Crippen LogP contribution in [0.1, 0.15) is 244 Å². The summed E-state index contributed by atoms with van der Waals surface area (Å²) in [7, 11) is 0. The maximum Gasteiger partial charge on any atom is 0.384 e. The minimum atomic E-state index is -0.773. The van der Waals surface area contributed by atoms with Gasteiger partial charge in [-0.1, -0.05) is 110 Å². The van der Waals surface area contributed by atoms with Crippen molar-refractivity contribution in [2.75, 3.05) is 19.8 Å². The molecule has 16 nitrogen and oxygen atoms in total. The van der Waals surface area contributed by atoms with Crippen LogP contribution in [-0.4, -0.2) is 89.4 Å². The number of hydrogen-bond donors (Lipinski definition) is 3. The quantitative estimate of drug-likeness (QED) is 0.0371. The van der Waals surface area contributed by atoms with Gasteiger partial charge in [0.25, 0.3) is 5.91 Å². The highest BCUT2D eigenvalue weighted by Gasteiger charge is 2.56. The summed E-state index contributed by atoms with van der Waals surface area (Å²) in [5.41, 5.74) is -2.20. The zero-order valence-electron chi connectivity index (χ0n) is 59.0. The number of esters is 3. The first-order chi connectivity index (χ1) is 39.8. The van der Waals surface area contributed by atoms with Crippen molar-refractivity contribution >= 4 is 53.0 Å². The maximum atomic E-state index is 13.3. The van der Waals surface area contributed by atoms with Crippen LogP contribution in [0.25, 0.3) is 0 Å². The van der Waals surface area contributed by atoms with E-state index in [1.54, 1.807) is 20.8 Å². The second-order valence-corrected chi connectivity index (χ2v) is 31.0. The van der Waals surface area contributed by atoms with E-state index in [4.69, 9.17) is 34.0 Å². The van der Waals surface area contributed by atoms with Gasteiger partial charge in [-0.3, -0.25) is 33.6 Å². The molecule has 0 unspecified atom stereocenters. The number of Topliss-reactive ketones (excluding diaryl/α,β-unsaturated/α-hetero) is 3. The molecule has 0 atom stereocenters. The number of carbonyl (C=O) groups excluding carboxylic acids is 9. The van der Waals surface area contributed by atoms with Crippen LogP contribution in [0.2, 0.25) is 0 Å². The van der Waals surface area contributed by atoms with Gasteiger partial charge in [0.2, 0.25) is 17.6 Å². The predicted molar refractivity (Wildman–Crippen MR) is 349 cm³/mol. The third-order valence-corrected chi connectivity index (χ3v) is 11.6. The monoisotopic (exact) mass is 1250 g/mol. The smallest absolute Gasteiger partial charge is 0.384 e. The van der Waals surface area contributed by atoms with Crippen LogP contribution in [0, 0.1) is 86.3 Å². The summed E-state index contributed by atoms with van der Waals surface area (Å²) in [5.74, 6) is 3.24. The van der Waals surface area contributed by atoms with E-state index < -0.39 is 16.8 Å². The zero-order valence-corrected chi connectivity index (χ0v) is 59.0. The Hall–Kier alpha value is -6.92. The van der Waals surface area contributed by atoms with Crippen molar-refractivity contribution in [2.45, 2.75) is 260 Å². The summed E-state index contributed by atoms with van der Waals surface area (Å²) in [6.45, 7) is 51.8. The molecule has 0 aromatic carbocycles. The summed E-state index contributed by atoms with van der Waals surface area (Å²) in [4.78, 5) is 99.4. The fraction of sp³-hybridized carbons (Fsp3) is 0.690. The van der Waals surface area contributed by atoms with E-state index in [0.717, 1.165) is 32.1 Å². The van der Waals surface area contributed by atoms with Crippen molar-refractivity contribution in [3.8, 4) is 43.1 Å². The zero-order chi connectivity index (χ0) is 71.2. The minimum Gasteiger partial charge on any atom is -0.464 e. The van der Waals surface area contributed by atoms with Gasteiger partial charge >= 0.3 is 17.9 Å². The molecule has 4 rings (SSSR count). The number of ketones is 3. The van der Waals surface area contributed by atoms with Crippen molar-refractivity contribution in [2.24, 2.45) is 37.9 Å². The normalized spacial score (nSPS) is 15.3. The van der Waals surface area contributed by atoms with Crippen LogP contribution in [0.3, 0.4) is 0 Å². The third kappa shape index (κ3) is 45.1. The fourth-order valence-electron chi connectivity index (χ4n) is 6.62. The number of rotatable bonds is 9. The topological polar surface area (TPSA) is 241 Å². The van der Waals surface area contributed by atoms with Crippen LogP contribution in [0.15, 0.2) is 35.5 Å². The average Bonchev–Trinajstić information content (AvgIpc) is 1.82. The van der Waals surface area contributed by atoms with E-state index in [-0.39, 0.29) is 102 Å². The largest absolute Gasteiger partial charge is 0.464 e. The molecule has 0 radical (unpaired) electrons. The lowest BCUT2D eigenvalue weighted by molar-refractivity contribution is -0.156. The molecule has 2 fully saturated rings. The number of amides is 3. The Labute approximate surface area is 534 Å². The maximum absolute atomic E-state index is 13.3. The molecule has 18 heteroatoms. The number of nitriles is 1. The molecule has 4 aliphatic carbocycles. The first kappa shape index (κ1) is 88.5. The molecule has 3 N–H and O–H groups in total. The van der Waals surface area contributed by atoms with Gasteiger partial charge in [0.05, 0.1) is 25.9 Å². The van der Waals surface area contributed by atoms with Gasteiger partial charge in [-0.25, -0.2) is 18.4 Å². The minimum absolute atomic E-state index is 0.00743. The summed E-state index contributed by atoms with van der Waals surface area (Å²) in [6.07, 6.45) is 23.0. The Morgan fingerprint density at radius 3 is 1.13 bits per heavy atom. The van der Waals surface area contributed by atoms with Crippen LogP contribution >= 0.6 is 0 Å². The molecule has 502 valence electrons. The van der Waals surface area contributed by atoms with Crippen molar-refractivity contribution in [1.29, 1.82) is 5.26 Å². The predicted octanol–water partition coefficient (Wildman–Crippen LogP) is 13.6. The fourth-order valence-corrected chi connectivity index (χ4v) is 6.62. The number of halogens is 2. The summed E-state index contributed by atoms with van der Waals surface area (Å²) >= 11 is 0. The first-order valence-corrected chi connectivity index (χ1v) is 30.1. The summed E-state index contributed by atoms with van der Waals surface area (Å²) < 4.78 is 40.9. The van der Waals surface area contributed by atoms with E-state index in [1.165, 1.54) is 13.0 Å². The van der Waals surface area contributed by atoms with Crippen molar-refractivity contribution in [3.05, 3.63) is 35.5 Å². The molecular formula is C71H112F2N4O12. The van der Waals surface area contributed by atoms with E-state index in [0.29, 0.717) is 69.5 Å². The van der Waals surface area contributed by atoms with Gasteiger partial charge in [0, 0.05) is 50.6 Å².